The van der Waals surface area contributed by atoms with Crippen LogP contribution >= 0.6 is 0 Å². The van der Waals surface area contributed by atoms with Crippen molar-refractivity contribution in [3.63, 3.8) is 0 Å². The van der Waals surface area contributed by atoms with Gasteiger partial charge in [0.15, 0.2) is 6.61 Å². The van der Waals surface area contributed by atoms with Crippen LogP contribution in [0.1, 0.15) is 12.8 Å². The highest BCUT2D eigenvalue weighted by molar-refractivity contribution is 5.73. The average molecular weight is 230 g/mol. The first kappa shape index (κ1) is 11.5. The van der Waals surface area contributed by atoms with Gasteiger partial charge in [-0.1, -0.05) is 30.4 Å². The summed E-state index contributed by atoms with van der Waals surface area (Å²) in [6, 6.07) is 8.98. The monoisotopic (exact) mass is 230 g/mol. The Labute approximate surface area is 100 Å². The van der Waals surface area contributed by atoms with Crippen molar-refractivity contribution in [2.45, 2.75) is 12.8 Å². The van der Waals surface area contributed by atoms with Crippen molar-refractivity contribution in [1.82, 2.24) is 0 Å². The molecular formula is C14H14O3. The number of para-hydroxylation sites is 1. The largest absolute Gasteiger partial charge is 0.486 e. The van der Waals surface area contributed by atoms with Gasteiger partial charge in [0.2, 0.25) is 0 Å². The fourth-order valence-corrected chi connectivity index (χ4v) is 1.50. The number of hydrogen-bond donors (Lipinski definition) is 0. The summed E-state index contributed by atoms with van der Waals surface area (Å²) < 4.78 is 10.4. The molecule has 1 aromatic carbocycles. The Morgan fingerprint density at radius 3 is 2.76 bits per heavy atom. The molecule has 0 aliphatic heterocycles. The van der Waals surface area contributed by atoms with Crippen molar-refractivity contribution in [2.24, 2.45) is 0 Å². The highest BCUT2D eigenvalue weighted by atomic mass is 16.6. The fourth-order valence-electron chi connectivity index (χ4n) is 1.50. The average Bonchev–Trinajstić information content (AvgIpc) is 2.39. The molecule has 0 spiro atoms. The van der Waals surface area contributed by atoms with Crippen molar-refractivity contribution < 1.29 is 14.3 Å². The molecule has 0 heterocycles. The molecule has 0 saturated carbocycles. The first-order chi connectivity index (χ1) is 8.34. The van der Waals surface area contributed by atoms with Gasteiger partial charge in [0.25, 0.3) is 0 Å². The van der Waals surface area contributed by atoms with E-state index in [1.807, 2.05) is 30.4 Å². The van der Waals surface area contributed by atoms with E-state index in [0.29, 0.717) is 5.75 Å². The van der Waals surface area contributed by atoms with Gasteiger partial charge in [-0.3, -0.25) is 0 Å². The maximum Gasteiger partial charge on any atom is 0.349 e. The molecule has 0 fully saturated rings. The fraction of sp³-hybridized carbons (Fsp3) is 0.214. The van der Waals surface area contributed by atoms with Crippen LogP contribution < -0.4 is 4.74 Å². The number of hydrogen-bond acceptors (Lipinski definition) is 3. The number of ether oxygens (including phenoxy) is 2. The van der Waals surface area contributed by atoms with Crippen molar-refractivity contribution in [3.05, 3.63) is 54.3 Å². The Morgan fingerprint density at radius 1 is 1.24 bits per heavy atom. The molecule has 0 aromatic heterocycles. The van der Waals surface area contributed by atoms with Gasteiger partial charge in [-0.15, -0.1) is 0 Å². The van der Waals surface area contributed by atoms with Crippen LogP contribution in [0.15, 0.2) is 54.3 Å². The second kappa shape index (κ2) is 5.89. The van der Waals surface area contributed by atoms with Crippen LogP contribution in [0.5, 0.6) is 5.75 Å². The summed E-state index contributed by atoms with van der Waals surface area (Å²) in [4.78, 5) is 11.5. The Hall–Kier alpha value is -2.03. The number of allylic oxidation sites excluding steroid dienone is 4. The lowest BCUT2D eigenvalue weighted by atomic mass is 10.2. The number of rotatable bonds is 4. The van der Waals surface area contributed by atoms with Crippen LogP contribution in [0.3, 0.4) is 0 Å². The van der Waals surface area contributed by atoms with Gasteiger partial charge < -0.3 is 9.47 Å². The number of benzene rings is 1. The topological polar surface area (TPSA) is 35.5 Å². The predicted octanol–water partition coefficient (Wildman–Crippen LogP) is 2.84. The molecule has 0 radical (unpaired) electrons. The summed E-state index contributed by atoms with van der Waals surface area (Å²) in [6.45, 7) is -0.0471. The lowest BCUT2D eigenvalue weighted by Crippen LogP contribution is -2.15. The molecule has 3 nitrogen and oxygen atoms in total. The third-order valence-corrected chi connectivity index (χ3v) is 2.33. The summed E-state index contributed by atoms with van der Waals surface area (Å²) in [5.74, 6) is 0.989. The molecule has 88 valence electrons. The second-order valence-electron chi connectivity index (χ2n) is 3.68. The Kier molecular flexibility index (Phi) is 3.97. The lowest BCUT2D eigenvalue weighted by Gasteiger charge is -2.10. The standard InChI is InChI=1S/C14H14O3/c15-14(17-13-9-5-2-6-10-13)11-16-12-7-3-1-4-8-12/h1-3,5-7,9-10H,4,8,11H2. The zero-order valence-corrected chi connectivity index (χ0v) is 9.46. The minimum Gasteiger partial charge on any atom is -0.486 e. The zero-order valence-electron chi connectivity index (χ0n) is 9.46. The van der Waals surface area contributed by atoms with E-state index in [4.69, 9.17) is 9.47 Å². The van der Waals surface area contributed by atoms with Gasteiger partial charge in [-0.25, -0.2) is 4.79 Å². The van der Waals surface area contributed by atoms with E-state index in [9.17, 15) is 4.79 Å². The maximum atomic E-state index is 11.5. The van der Waals surface area contributed by atoms with Crippen LogP contribution in [0, 0.1) is 0 Å². The second-order valence-corrected chi connectivity index (χ2v) is 3.68. The molecule has 1 aliphatic carbocycles. The summed E-state index contributed by atoms with van der Waals surface area (Å²) in [5, 5.41) is 0. The van der Waals surface area contributed by atoms with Gasteiger partial charge in [0, 0.05) is 6.42 Å². The summed E-state index contributed by atoms with van der Waals surface area (Å²) >= 11 is 0. The predicted molar refractivity (Wildman–Crippen MR) is 64.5 cm³/mol. The molecule has 3 heteroatoms. The van der Waals surface area contributed by atoms with Gasteiger partial charge in [0.1, 0.15) is 5.75 Å². The Bertz CT molecular complexity index is 432. The molecular weight excluding hydrogens is 216 g/mol. The normalized spacial score (nSPS) is 14.0. The smallest absolute Gasteiger partial charge is 0.349 e. The van der Waals surface area contributed by atoms with Gasteiger partial charge in [0.05, 0.1) is 5.76 Å². The summed E-state index contributed by atoms with van der Waals surface area (Å²) in [6.07, 6.45) is 7.67. The van der Waals surface area contributed by atoms with Gasteiger partial charge in [-0.05, 0) is 24.6 Å². The molecule has 0 N–H and O–H groups in total. The van der Waals surface area contributed by atoms with Gasteiger partial charge in [-0.2, -0.15) is 0 Å². The van der Waals surface area contributed by atoms with Crippen molar-refractivity contribution in [2.75, 3.05) is 6.61 Å². The van der Waals surface area contributed by atoms with E-state index in [-0.39, 0.29) is 12.6 Å². The zero-order chi connectivity index (χ0) is 11.9. The number of carbonyl (C=O) groups is 1. The van der Waals surface area contributed by atoms with Crippen molar-refractivity contribution in [3.8, 4) is 5.75 Å². The summed E-state index contributed by atoms with van der Waals surface area (Å²) in [5.41, 5.74) is 0. The van der Waals surface area contributed by atoms with Crippen LogP contribution in [-0.4, -0.2) is 12.6 Å². The summed E-state index contributed by atoms with van der Waals surface area (Å²) in [7, 11) is 0. The van der Waals surface area contributed by atoms with E-state index in [1.165, 1.54) is 0 Å². The van der Waals surface area contributed by atoms with Crippen molar-refractivity contribution >= 4 is 5.97 Å². The molecule has 0 bridgehead atoms. The molecule has 0 amide bonds. The Balaban J connectivity index is 1.78. The van der Waals surface area contributed by atoms with E-state index >= 15 is 0 Å². The molecule has 1 aromatic rings. The number of carbonyl (C=O) groups excluding carboxylic acids is 1. The highest BCUT2D eigenvalue weighted by Gasteiger charge is 2.07. The van der Waals surface area contributed by atoms with E-state index in [0.717, 1.165) is 18.6 Å². The van der Waals surface area contributed by atoms with E-state index < -0.39 is 0 Å². The first-order valence-corrected chi connectivity index (χ1v) is 5.59. The quantitative estimate of drug-likeness (QED) is 0.589. The van der Waals surface area contributed by atoms with Crippen LogP contribution in [0.25, 0.3) is 0 Å². The van der Waals surface area contributed by atoms with E-state index in [1.54, 1.807) is 12.1 Å². The Morgan fingerprint density at radius 2 is 2.06 bits per heavy atom. The third-order valence-electron chi connectivity index (χ3n) is 2.33. The first-order valence-electron chi connectivity index (χ1n) is 5.59. The third kappa shape index (κ3) is 3.79. The minimum atomic E-state index is -0.383. The van der Waals surface area contributed by atoms with Crippen LogP contribution in [0.2, 0.25) is 0 Å². The lowest BCUT2D eigenvalue weighted by molar-refractivity contribution is -0.138. The molecule has 0 saturated heterocycles. The molecule has 0 unspecified atom stereocenters. The SMILES string of the molecule is O=C(COC1=CC=CCC1)Oc1ccccc1. The maximum absolute atomic E-state index is 11.5. The molecule has 17 heavy (non-hydrogen) atoms. The highest BCUT2D eigenvalue weighted by Crippen LogP contribution is 2.13. The molecule has 0 atom stereocenters. The van der Waals surface area contributed by atoms with Gasteiger partial charge >= 0.3 is 5.97 Å². The number of esters is 1. The molecule has 1 aliphatic rings. The molecule has 2 rings (SSSR count). The minimum absolute atomic E-state index is 0.0471. The van der Waals surface area contributed by atoms with E-state index in [2.05, 4.69) is 6.08 Å². The van der Waals surface area contributed by atoms with Crippen LogP contribution in [0.4, 0.5) is 0 Å². The van der Waals surface area contributed by atoms with Crippen LogP contribution in [-0.2, 0) is 9.53 Å². The van der Waals surface area contributed by atoms with Crippen molar-refractivity contribution in [1.29, 1.82) is 0 Å².